The quantitative estimate of drug-likeness (QED) is 0.886. The number of para-hydroxylation sites is 1. The zero-order valence-electron chi connectivity index (χ0n) is 10.8. The SMILES string of the molecule is Cc1cccc(C)c1N(C(C)CN)S(C)(=O)=O. The number of nitrogens with two attached hydrogens (primary N) is 1. The van der Waals surface area contributed by atoms with E-state index in [4.69, 9.17) is 5.73 Å². The van der Waals surface area contributed by atoms with E-state index in [2.05, 4.69) is 0 Å². The molecule has 0 bridgehead atoms. The van der Waals surface area contributed by atoms with Crippen LogP contribution in [-0.4, -0.2) is 27.3 Å². The summed E-state index contributed by atoms with van der Waals surface area (Å²) in [5.41, 5.74) is 8.23. The summed E-state index contributed by atoms with van der Waals surface area (Å²) in [6.07, 6.45) is 1.21. The van der Waals surface area contributed by atoms with Gasteiger partial charge in [0.2, 0.25) is 10.0 Å². The van der Waals surface area contributed by atoms with Gasteiger partial charge < -0.3 is 5.73 Å². The van der Waals surface area contributed by atoms with E-state index >= 15 is 0 Å². The number of rotatable bonds is 4. The van der Waals surface area contributed by atoms with Crippen molar-refractivity contribution in [2.75, 3.05) is 17.1 Å². The number of hydrogen-bond donors (Lipinski definition) is 1. The first-order chi connectivity index (χ1) is 7.79. The van der Waals surface area contributed by atoms with Crippen molar-refractivity contribution >= 4 is 15.7 Å². The highest BCUT2D eigenvalue weighted by Gasteiger charge is 2.25. The van der Waals surface area contributed by atoms with Gasteiger partial charge in [0.25, 0.3) is 0 Å². The molecule has 0 heterocycles. The van der Waals surface area contributed by atoms with Gasteiger partial charge >= 0.3 is 0 Å². The van der Waals surface area contributed by atoms with Crippen LogP contribution in [0.1, 0.15) is 18.1 Å². The number of anilines is 1. The maximum Gasteiger partial charge on any atom is 0.232 e. The van der Waals surface area contributed by atoms with Crippen molar-refractivity contribution in [3.05, 3.63) is 29.3 Å². The van der Waals surface area contributed by atoms with Crippen molar-refractivity contribution in [3.63, 3.8) is 0 Å². The smallest absolute Gasteiger partial charge is 0.232 e. The predicted octanol–water partition coefficient (Wildman–Crippen LogP) is 1.42. The lowest BCUT2D eigenvalue weighted by Gasteiger charge is -2.30. The largest absolute Gasteiger partial charge is 0.328 e. The van der Waals surface area contributed by atoms with Gasteiger partial charge in [-0.05, 0) is 31.9 Å². The zero-order chi connectivity index (χ0) is 13.2. The summed E-state index contributed by atoms with van der Waals surface area (Å²) in [4.78, 5) is 0. The van der Waals surface area contributed by atoms with Crippen LogP contribution in [0.5, 0.6) is 0 Å². The Labute approximate surface area is 103 Å². The van der Waals surface area contributed by atoms with E-state index in [-0.39, 0.29) is 6.04 Å². The summed E-state index contributed by atoms with van der Waals surface area (Å²) >= 11 is 0. The molecule has 0 amide bonds. The molecule has 0 saturated heterocycles. The minimum atomic E-state index is -3.32. The molecule has 1 aromatic rings. The van der Waals surface area contributed by atoms with Crippen molar-refractivity contribution in [1.82, 2.24) is 0 Å². The second-order valence-corrected chi connectivity index (χ2v) is 6.24. The molecule has 0 aliphatic rings. The highest BCUT2D eigenvalue weighted by Crippen LogP contribution is 2.28. The van der Waals surface area contributed by atoms with Gasteiger partial charge in [0.1, 0.15) is 0 Å². The molecular weight excluding hydrogens is 236 g/mol. The Morgan fingerprint density at radius 3 is 2.12 bits per heavy atom. The molecule has 0 aliphatic heterocycles. The molecule has 5 heteroatoms. The van der Waals surface area contributed by atoms with E-state index < -0.39 is 10.0 Å². The van der Waals surface area contributed by atoms with Crippen molar-refractivity contribution in [2.45, 2.75) is 26.8 Å². The molecule has 4 nitrogen and oxygen atoms in total. The average Bonchev–Trinajstić information content (AvgIpc) is 2.21. The summed E-state index contributed by atoms with van der Waals surface area (Å²) in [6, 6.07) is 5.49. The van der Waals surface area contributed by atoms with E-state index in [1.807, 2.05) is 39.0 Å². The van der Waals surface area contributed by atoms with Gasteiger partial charge in [-0.15, -0.1) is 0 Å². The summed E-state index contributed by atoms with van der Waals surface area (Å²) < 4.78 is 25.2. The fourth-order valence-corrected chi connectivity index (χ4v) is 3.32. The minimum absolute atomic E-state index is 0.246. The molecule has 0 saturated carbocycles. The van der Waals surface area contributed by atoms with Crippen LogP contribution in [0.3, 0.4) is 0 Å². The van der Waals surface area contributed by atoms with Crippen molar-refractivity contribution < 1.29 is 8.42 Å². The Morgan fingerprint density at radius 2 is 1.76 bits per heavy atom. The lowest BCUT2D eigenvalue weighted by atomic mass is 10.1. The molecular formula is C12H20N2O2S. The van der Waals surface area contributed by atoms with E-state index in [9.17, 15) is 8.42 Å². The lowest BCUT2D eigenvalue weighted by molar-refractivity contribution is 0.586. The standard InChI is InChI=1S/C12H20N2O2S/c1-9-6-5-7-10(2)12(9)14(11(3)8-13)17(4,15)16/h5-7,11H,8,13H2,1-4H3. The van der Waals surface area contributed by atoms with Gasteiger partial charge in [-0.1, -0.05) is 18.2 Å². The van der Waals surface area contributed by atoms with E-state index in [1.165, 1.54) is 10.6 Å². The molecule has 0 spiro atoms. The molecule has 1 aromatic carbocycles. The second kappa shape index (κ2) is 5.06. The Kier molecular flexibility index (Phi) is 4.16. The van der Waals surface area contributed by atoms with Gasteiger partial charge in [-0.2, -0.15) is 0 Å². The molecule has 1 rings (SSSR count). The maximum absolute atomic E-state index is 11.9. The van der Waals surface area contributed by atoms with Gasteiger partial charge in [0.05, 0.1) is 18.0 Å². The predicted molar refractivity (Wildman–Crippen MR) is 71.8 cm³/mol. The van der Waals surface area contributed by atoms with E-state index in [0.717, 1.165) is 16.8 Å². The van der Waals surface area contributed by atoms with Gasteiger partial charge in [-0.3, -0.25) is 4.31 Å². The number of hydrogen-bond acceptors (Lipinski definition) is 3. The van der Waals surface area contributed by atoms with Crippen molar-refractivity contribution in [1.29, 1.82) is 0 Å². The monoisotopic (exact) mass is 256 g/mol. The third-order valence-electron chi connectivity index (χ3n) is 2.76. The Balaban J connectivity index is 3.43. The average molecular weight is 256 g/mol. The molecule has 0 aromatic heterocycles. The van der Waals surface area contributed by atoms with Crippen LogP contribution < -0.4 is 10.0 Å². The van der Waals surface area contributed by atoms with Crippen molar-refractivity contribution in [2.24, 2.45) is 5.73 Å². The van der Waals surface area contributed by atoms with Crippen LogP contribution in [0.15, 0.2) is 18.2 Å². The first kappa shape index (κ1) is 14.0. The highest BCUT2D eigenvalue weighted by molar-refractivity contribution is 7.92. The molecule has 96 valence electrons. The fraction of sp³-hybridized carbons (Fsp3) is 0.500. The molecule has 1 unspecified atom stereocenters. The van der Waals surface area contributed by atoms with Crippen molar-refractivity contribution in [3.8, 4) is 0 Å². The number of aryl methyl sites for hydroxylation is 2. The molecule has 0 radical (unpaired) electrons. The topological polar surface area (TPSA) is 63.4 Å². The zero-order valence-corrected chi connectivity index (χ0v) is 11.6. The highest BCUT2D eigenvalue weighted by atomic mass is 32.2. The second-order valence-electron chi connectivity index (χ2n) is 4.38. The molecule has 17 heavy (non-hydrogen) atoms. The van der Waals surface area contributed by atoms with Crippen LogP contribution in [0, 0.1) is 13.8 Å². The summed E-state index contributed by atoms with van der Waals surface area (Å²) in [5.74, 6) is 0. The van der Waals surface area contributed by atoms with Crippen LogP contribution >= 0.6 is 0 Å². The Hall–Kier alpha value is -1.07. The van der Waals surface area contributed by atoms with Crippen LogP contribution in [0.2, 0.25) is 0 Å². The summed E-state index contributed by atoms with van der Waals surface area (Å²) in [6.45, 7) is 5.92. The molecule has 0 fully saturated rings. The number of nitrogens with zero attached hydrogens (tertiary/aromatic N) is 1. The number of benzene rings is 1. The van der Waals surface area contributed by atoms with Gasteiger partial charge in [0.15, 0.2) is 0 Å². The summed E-state index contributed by atoms with van der Waals surface area (Å²) in [5, 5.41) is 0. The third kappa shape index (κ3) is 2.98. The molecule has 2 N–H and O–H groups in total. The summed E-state index contributed by atoms with van der Waals surface area (Å²) in [7, 11) is -3.32. The van der Waals surface area contributed by atoms with Crippen LogP contribution in [-0.2, 0) is 10.0 Å². The Morgan fingerprint density at radius 1 is 1.29 bits per heavy atom. The first-order valence-electron chi connectivity index (χ1n) is 5.54. The number of sulfonamides is 1. The Bertz CT molecular complexity index is 477. The van der Waals surface area contributed by atoms with Crippen LogP contribution in [0.25, 0.3) is 0 Å². The molecule has 1 atom stereocenters. The normalized spacial score (nSPS) is 13.5. The molecule has 0 aliphatic carbocycles. The van der Waals surface area contributed by atoms with E-state index in [0.29, 0.717) is 6.54 Å². The van der Waals surface area contributed by atoms with E-state index in [1.54, 1.807) is 0 Å². The first-order valence-corrected chi connectivity index (χ1v) is 7.39. The third-order valence-corrected chi connectivity index (χ3v) is 4.02. The minimum Gasteiger partial charge on any atom is -0.328 e. The van der Waals surface area contributed by atoms with Gasteiger partial charge in [0, 0.05) is 6.54 Å². The van der Waals surface area contributed by atoms with Gasteiger partial charge in [-0.25, -0.2) is 8.42 Å². The fourth-order valence-electron chi connectivity index (χ4n) is 1.96. The van der Waals surface area contributed by atoms with Crippen LogP contribution in [0.4, 0.5) is 5.69 Å². The maximum atomic E-state index is 11.9. The lowest BCUT2D eigenvalue weighted by Crippen LogP contribution is -2.43.